The van der Waals surface area contributed by atoms with Crippen LogP contribution in [0.2, 0.25) is 0 Å². The Hall–Kier alpha value is -0.160. The second-order valence-electron chi connectivity index (χ2n) is 4.51. The molecule has 0 bridgehead atoms. The lowest BCUT2D eigenvalue weighted by atomic mass is 10.0. The topological polar surface area (TPSA) is 27.7 Å². The molecule has 2 rings (SSSR count). The maximum absolute atomic E-state index is 5.39. The van der Waals surface area contributed by atoms with Gasteiger partial charge in [0.2, 0.25) is 0 Å². The lowest BCUT2D eigenvalue weighted by Crippen LogP contribution is -2.50. The van der Waals surface area contributed by atoms with Gasteiger partial charge in [-0.1, -0.05) is 0 Å². The number of rotatable bonds is 3. The zero-order chi connectivity index (χ0) is 10.5. The smallest absolute Gasteiger partial charge is 0.0594 e. The van der Waals surface area contributed by atoms with Gasteiger partial charge in [0.15, 0.2) is 0 Å². The molecule has 0 radical (unpaired) electrons. The van der Waals surface area contributed by atoms with Gasteiger partial charge in [0.1, 0.15) is 0 Å². The molecule has 0 spiro atoms. The summed E-state index contributed by atoms with van der Waals surface area (Å²) in [6.07, 6.45) is 2.64. The van der Waals surface area contributed by atoms with Gasteiger partial charge in [0.05, 0.1) is 13.2 Å². The molecule has 0 aromatic rings. The fraction of sp³-hybridized carbons (Fsp3) is 1.00. The molecule has 2 aliphatic heterocycles. The minimum atomic E-state index is 0.807. The van der Waals surface area contributed by atoms with Gasteiger partial charge in [-0.25, -0.2) is 0 Å². The van der Waals surface area contributed by atoms with Crippen molar-refractivity contribution in [2.45, 2.75) is 18.9 Å². The second-order valence-corrected chi connectivity index (χ2v) is 4.51. The molecule has 4 nitrogen and oxygen atoms in total. The first-order valence-corrected chi connectivity index (χ1v) is 6.09. The Labute approximate surface area is 92.6 Å². The number of ether oxygens (including phenoxy) is 1. The number of hydrogen-bond acceptors (Lipinski definition) is 4. The van der Waals surface area contributed by atoms with Gasteiger partial charge in [-0.2, -0.15) is 0 Å². The lowest BCUT2D eigenvalue weighted by molar-refractivity contribution is 0.000474. The van der Waals surface area contributed by atoms with Crippen LogP contribution in [0.5, 0.6) is 0 Å². The average molecular weight is 213 g/mol. The van der Waals surface area contributed by atoms with Crippen LogP contribution in [0.4, 0.5) is 0 Å². The van der Waals surface area contributed by atoms with E-state index in [-0.39, 0.29) is 0 Å². The van der Waals surface area contributed by atoms with Crippen LogP contribution < -0.4 is 5.32 Å². The molecule has 2 heterocycles. The van der Waals surface area contributed by atoms with Gasteiger partial charge in [0.25, 0.3) is 0 Å². The molecular weight excluding hydrogens is 190 g/mol. The summed E-state index contributed by atoms with van der Waals surface area (Å²) in [5.41, 5.74) is 0. The van der Waals surface area contributed by atoms with E-state index in [0.717, 1.165) is 39.0 Å². The minimum Gasteiger partial charge on any atom is -0.379 e. The van der Waals surface area contributed by atoms with Crippen LogP contribution in [0.25, 0.3) is 0 Å². The SMILES string of the molecule is CNCN1CCC(N2CCOCC2)CC1. The molecule has 0 atom stereocenters. The molecule has 4 heteroatoms. The monoisotopic (exact) mass is 213 g/mol. The van der Waals surface area contributed by atoms with Crippen molar-refractivity contribution in [1.82, 2.24) is 15.1 Å². The van der Waals surface area contributed by atoms with Gasteiger partial charge in [-0.05, 0) is 19.9 Å². The summed E-state index contributed by atoms with van der Waals surface area (Å²) in [6, 6.07) is 0.807. The highest BCUT2D eigenvalue weighted by Gasteiger charge is 2.25. The Morgan fingerprint density at radius 1 is 1.13 bits per heavy atom. The number of morpholine rings is 1. The van der Waals surface area contributed by atoms with E-state index in [1.807, 2.05) is 7.05 Å². The Morgan fingerprint density at radius 2 is 1.80 bits per heavy atom. The zero-order valence-corrected chi connectivity index (χ0v) is 9.74. The highest BCUT2D eigenvalue weighted by molar-refractivity contribution is 4.80. The first kappa shape index (κ1) is 11.3. The fourth-order valence-corrected chi connectivity index (χ4v) is 2.61. The lowest BCUT2D eigenvalue weighted by Gasteiger charge is -2.39. The van der Waals surface area contributed by atoms with Crippen molar-refractivity contribution >= 4 is 0 Å². The van der Waals surface area contributed by atoms with E-state index in [2.05, 4.69) is 15.1 Å². The average Bonchev–Trinajstić information content (AvgIpc) is 2.32. The summed E-state index contributed by atoms with van der Waals surface area (Å²) in [6.45, 7) is 7.64. The quantitative estimate of drug-likeness (QED) is 0.712. The third-order valence-electron chi connectivity index (χ3n) is 3.50. The first-order valence-electron chi connectivity index (χ1n) is 6.09. The molecule has 0 saturated carbocycles. The van der Waals surface area contributed by atoms with Gasteiger partial charge >= 0.3 is 0 Å². The summed E-state index contributed by atoms with van der Waals surface area (Å²) in [5.74, 6) is 0. The normalized spacial score (nSPS) is 27.0. The van der Waals surface area contributed by atoms with E-state index in [1.54, 1.807) is 0 Å². The molecule has 0 aromatic heterocycles. The van der Waals surface area contributed by atoms with E-state index in [4.69, 9.17) is 4.74 Å². The maximum Gasteiger partial charge on any atom is 0.0594 e. The van der Waals surface area contributed by atoms with Crippen molar-refractivity contribution in [2.75, 3.05) is 53.1 Å². The van der Waals surface area contributed by atoms with Crippen LogP contribution >= 0.6 is 0 Å². The van der Waals surface area contributed by atoms with Gasteiger partial charge in [-0.15, -0.1) is 0 Å². The largest absolute Gasteiger partial charge is 0.379 e. The molecule has 0 aromatic carbocycles. The Bertz CT molecular complexity index is 175. The number of likely N-dealkylation sites (tertiary alicyclic amines) is 1. The maximum atomic E-state index is 5.39. The molecule has 0 amide bonds. The van der Waals surface area contributed by atoms with Crippen LogP contribution in [0.1, 0.15) is 12.8 Å². The Kier molecular flexibility index (Phi) is 4.38. The summed E-state index contributed by atoms with van der Waals surface area (Å²) < 4.78 is 5.39. The molecule has 2 saturated heterocycles. The van der Waals surface area contributed by atoms with Crippen LogP contribution in [0.3, 0.4) is 0 Å². The fourth-order valence-electron chi connectivity index (χ4n) is 2.61. The third kappa shape index (κ3) is 3.14. The van der Waals surface area contributed by atoms with Crippen molar-refractivity contribution in [1.29, 1.82) is 0 Å². The summed E-state index contributed by atoms with van der Waals surface area (Å²) in [7, 11) is 2.02. The van der Waals surface area contributed by atoms with Crippen LogP contribution in [0.15, 0.2) is 0 Å². The van der Waals surface area contributed by atoms with Crippen molar-refractivity contribution in [2.24, 2.45) is 0 Å². The summed E-state index contributed by atoms with van der Waals surface area (Å²) in [4.78, 5) is 5.11. The van der Waals surface area contributed by atoms with Gasteiger partial charge in [-0.3, -0.25) is 9.80 Å². The van der Waals surface area contributed by atoms with Gasteiger partial charge in [0, 0.05) is 38.9 Å². The number of nitrogens with zero attached hydrogens (tertiary/aromatic N) is 2. The molecule has 0 unspecified atom stereocenters. The van der Waals surface area contributed by atoms with Crippen molar-refractivity contribution in [3.63, 3.8) is 0 Å². The molecule has 2 fully saturated rings. The van der Waals surface area contributed by atoms with E-state index in [9.17, 15) is 0 Å². The van der Waals surface area contributed by atoms with Crippen molar-refractivity contribution in [3.05, 3.63) is 0 Å². The molecule has 88 valence electrons. The second kappa shape index (κ2) is 5.80. The van der Waals surface area contributed by atoms with E-state index < -0.39 is 0 Å². The molecule has 2 aliphatic rings. The molecule has 15 heavy (non-hydrogen) atoms. The first-order chi connectivity index (χ1) is 7.40. The van der Waals surface area contributed by atoms with E-state index in [1.165, 1.54) is 25.9 Å². The van der Waals surface area contributed by atoms with Crippen LogP contribution in [0, 0.1) is 0 Å². The predicted octanol–water partition coefficient (Wildman–Crippen LogP) is -0.0401. The number of nitrogens with one attached hydrogen (secondary N) is 1. The standard InChI is InChI=1S/C11H23N3O/c1-12-10-13-4-2-11(3-5-13)14-6-8-15-9-7-14/h11-12H,2-10H2,1H3. The molecule has 1 N–H and O–H groups in total. The van der Waals surface area contributed by atoms with Crippen molar-refractivity contribution in [3.8, 4) is 0 Å². The van der Waals surface area contributed by atoms with Crippen molar-refractivity contribution < 1.29 is 4.74 Å². The van der Waals surface area contributed by atoms with E-state index in [0.29, 0.717) is 0 Å². The zero-order valence-electron chi connectivity index (χ0n) is 9.74. The van der Waals surface area contributed by atoms with Crippen LogP contribution in [-0.4, -0.2) is 69.0 Å². The van der Waals surface area contributed by atoms with Crippen LogP contribution in [-0.2, 0) is 4.74 Å². The highest BCUT2D eigenvalue weighted by atomic mass is 16.5. The van der Waals surface area contributed by atoms with E-state index >= 15 is 0 Å². The Morgan fingerprint density at radius 3 is 2.40 bits per heavy atom. The minimum absolute atomic E-state index is 0.807. The highest BCUT2D eigenvalue weighted by Crippen LogP contribution is 2.16. The number of hydrogen-bond donors (Lipinski definition) is 1. The molecule has 0 aliphatic carbocycles. The third-order valence-corrected chi connectivity index (χ3v) is 3.50. The molecular formula is C11H23N3O. The predicted molar refractivity (Wildman–Crippen MR) is 60.9 cm³/mol. The Balaban J connectivity index is 1.72. The number of piperidine rings is 1. The summed E-state index contributed by atoms with van der Waals surface area (Å²) >= 11 is 0. The summed E-state index contributed by atoms with van der Waals surface area (Å²) in [5, 5.41) is 3.22. The van der Waals surface area contributed by atoms with Gasteiger partial charge < -0.3 is 10.1 Å².